The Bertz CT molecular complexity index is 730. The molecule has 7 heteroatoms. The number of ether oxygens (including phenoxy) is 1. The molecule has 7 nitrogen and oxygen atoms in total. The molecule has 2 aromatic heterocycles. The van der Waals surface area contributed by atoms with Gasteiger partial charge in [-0.2, -0.15) is 4.98 Å². The molecule has 1 saturated heterocycles. The van der Waals surface area contributed by atoms with Gasteiger partial charge in [-0.15, -0.1) is 0 Å². The van der Waals surface area contributed by atoms with Crippen LogP contribution in [-0.2, 0) is 6.54 Å². The first kappa shape index (κ1) is 18.4. The number of aliphatic hydroxyl groups is 1. The monoisotopic (exact) mass is 372 g/mol. The van der Waals surface area contributed by atoms with Gasteiger partial charge in [-0.05, 0) is 57.2 Å². The molecule has 0 amide bonds. The van der Waals surface area contributed by atoms with Gasteiger partial charge in [0.25, 0.3) is 0 Å². The normalized spacial score (nSPS) is 22.0. The van der Waals surface area contributed by atoms with E-state index in [1.807, 2.05) is 12.1 Å². The Hall–Kier alpha value is -1.99. The Morgan fingerprint density at radius 3 is 2.85 bits per heavy atom. The van der Waals surface area contributed by atoms with E-state index in [4.69, 9.17) is 9.26 Å². The zero-order valence-corrected chi connectivity index (χ0v) is 15.7. The fraction of sp³-hybridized carbons (Fsp3) is 0.650. The first-order chi connectivity index (χ1) is 13.3. The summed E-state index contributed by atoms with van der Waals surface area (Å²) in [4.78, 5) is 11.2. The number of likely N-dealkylation sites (tertiary alicyclic amines) is 1. The third-order valence-corrected chi connectivity index (χ3v) is 5.61. The molecule has 1 N–H and O–H groups in total. The van der Waals surface area contributed by atoms with E-state index in [1.54, 1.807) is 6.20 Å². The van der Waals surface area contributed by atoms with Crippen LogP contribution in [0.15, 0.2) is 22.9 Å². The summed E-state index contributed by atoms with van der Waals surface area (Å²) in [5.41, 5.74) is 0.774. The third kappa shape index (κ3) is 4.47. The number of aromatic nitrogens is 3. The zero-order chi connectivity index (χ0) is 18.5. The smallest absolute Gasteiger partial charge is 0.241 e. The molecule has 0 bridgehead atoms. The van der Waals surface area contributed by atoms with Crippen LogP contribution in [0, 0.1) is 0 Å². The molecule has 1 aliphatic carbocycles. The molecular formula is C20H28N4O3. The maximum atomic E-state index is 9.58. The summed E-state index contributed by atoms with van der Waals surface area (Å²) < 4.78 is 11.7. The highest BCUT2D eigenvalue weighted by molar-refractivity contribution is 5.60. The first-order valence-corrected chi connectivity index (χ1v) is 10.1. The summed E-state index contributed by atoms with van der Waals surface area (Å²) >= 11 is 0. The minimum Gasteiger partial charge on any atom is -0.474 e. The Kier molecular flexibility index (Phi) is 5.99. The van der Waals surface area contributed by atoms with Crippen molar-refractivity contribution in [3.05, 3.63) is 24.2 Å². The van der Waals surface area contributed by atoms with Crippen molar-refractivity contribution >= 4 is 0 Å². The average Bonchev–Trinajstić information content (AvgIpc) is 3.18. The summed E-state index contributed by atoms with van der Waals surface area (Å²) in [5, 5.41) is 13.7. The molecule has 146 valence electrons. The van der Waals surface area contributed by atoms with E-state index in [0.717, 1.165) is 44.2 Å². The number of piperidine rings is 1. The van der Waals surface area contributed by atoms with Gasteiger partial charge in [0.15, 0.2) is 0 Å². The molecular weight excluding hydrogens is 344 g/mol. The van der Waals surface area contributed by atoms with Crippen molar-refractivity contribution in [2.24, 2.45) is 0 Å². The number of pyridine rings is 1. The molecule has 1 aliphatic heterocycles. The lowest BCUT2D eigenvalue weighted by Crippen LogP contribution is -2.41. The van der Waals surface area contributed by atoms with Crippen molar-refractivity contribution in [3.63, 3.8) is 0 Å². The van der Waals surface area contributed by atoms with E-state index in [-0.39, 0.29) is 18.8 Å². The molecule has 2 fully saturated rings. The number of hydrogen-bond acceptors (Lipinski definition) is 7. The number of nitrogens with zero attached hydrogens (tertiary/aromatic N) is 4. The topological polar surface area (TPSA) is 84.5 Å². The molecule has 2 aliphatic rings. The molecule has 3 heterocycles. The Labute approximate surface area is 159 Å². The van der Waals surface area contributed by atoms with E-state index in [0.29, 0.717) is 24.1 Å². The maximum Gasteiger partial charge on any atom is 0.241 e. The Balaban J connectivity index is 1.48. The van der Waals surface area contributed by atoms with Crippen LogP contribution in [0.3, 0.4) is 0 Å². The van der Waals surface area contributed by atoms with E-state index in [9.17, 15) is 5.11 Å². The van der Waals surface area contributed by atoms with Crippen LogP contribution in [0.2, 0.25) is 0 Å². The standard InChI is InChI=1S/C20H28N4O3/c25-14-15-7-4-5-12-24(15)13-18-22-19(23-27-18)17-10-6-11-21-20(17)26-16-8-2-1-3-9-16/h6,10-11,15-16,25H,1-5,7-9,12-14H2. The van der Waals surface area contributed by atoms with Crippen molar-refractivity contribution in [2.75, 3.05) is 13.2 Å². The molecule has 2 aromatic rings. The lowest BCUT2D eigenvalue weighted by Gasteiger charge is -2.33. The van der Waals surface area contributed by atoms with E-state index < -0.39 is 0 Å². The highest BCUT2D eigenvalue weighted by Gasteiger charge is 2.25. The Morgan fingerprint density at radius 1 is 1.15 bits per heavy atom. The molecule has 1 unspecified atom stereocenters. The minimum absolute atomic E-state index is 0.170. The largest absolute Gasteiger partial charge is 0.474 e. The molecule has 27 heavy (non-hydrogen) atoms. The van der Waals surface area contributed by atoms with Crippen LogP contribution in [0.25, 0.3) is 11.4 Å². The van der Waals surface area contributed by atoms with Crippen molar-refractivity contribution in [1.82, 2.24) is 20.0 Å². The zero-order valence-electron chi connectivity index (χ0n) is 15.7. The summed E-state index contributed by atoms with van der Waals surface area (Å²) in [6.07, 6.45) is 11.1. The second kappa shape index (κ2) is 8.80. The molecule has 1 saturated carbocycles. The van der Waals surface area contributed by atoms with E-state index >= 15 is 0 Å². The van der Waals surface area contributed by atoms with Crippen LogP contribution in [-0.4, -0.2) is 50.4 Å². The van der Waals surface area contributed by atoms with Crippen LogP contribution < -0.4 is 4.74 Å². The van der Waals surface area contributed by atoms with Gasteiger partial charge in [0, 0.05) is 12.2 Å². The molecule has 0 radical (unpaired) electrons. The van der Waals surface area contributed by atoms with Crippen molar-refractivity contribution in [1.29, 1.82) is 0 Å². The van der Waals surface area contributed by atoms with Gasteiger partial charge < -0.3 is 14.4 Å². The second-order valence-corrected chi connectivity index (χ2v) is 7.55. The highest BCUT2D eigenvalue weighted by Crippen LogP contribution is 2.30. The fourth-order valence-electron chi connectivity index (χ4n) is 4.07. The molecule has 4 rings (SSSR count). The van der Waals surface area contributed by atoms with Crippen molar-refractivity contribution < 1.29 is 14.4 Å². The van der Waals surface area contributed by atoms with Crippen molar-refractivity contribution in [2.45, 2.75) is 70.1 Å². The summed E-state index contributed by atoms with van der Waals surface area (Å²) in [7, 11) is 0. The van der Waals surface area contributed by atoms with Gasteiger partial charge in [0.2, 0.25) is 17.6 Å². The summed E-state index contributed by atoms with van der Waals surface area (Å²) in [6, 6.07) is 3.97. The lowest BCUT2D eigenvalue weighted by molar-refractivity contribution is 0.0749. The predicted octanol–water partition coefficient (Wildman–Crippen LogP) is 3.19. The van der Waals surface area contributed by atoms with Gasteiger partial charge in [-0.25, -0.2) is 4.98 Å². The van der Waals surface area contributed by atoms with E-state index in [1.165, 1.54) is 19.3 Å². The summed E-state index contributed by atoms with van der Waals surface area (Å²) in [6.45, 7) is 1.69. The Morgan fingerprint density at radius 2 is 2.00 bits per heavy atom. The van der Waals surface area contributed by atoms with Gasteiger partial charge in [-0.1, -0.05) is 18.0 Å². The highest BCUT2D eigenvalue weighted by atomic mass is 16.5. The molecule has 0 aromatic carbocycles. The summed E-state index contributed by atoms with van der Waals surface area (Å²) in [5.74, 6) is 1.67. The maximum absolute atomic E-state index is 9.58. The van der Waals surface area contributed by atoms with Crippen LogP contribution in [0.5, 0.6) is 5.88 Å². The SMILES string of the molecule is OCC1CCCCN1Cc1nc(-c2cccnc2OC2CCCCC2)no1. The number of aliphatic hydroxyl groups excluding tert-OH is 1. The fourth-order valence-corrected chi connectivity index (χ4v) is 4.07. The van der Waals surface area contributed by atoms with Gasteiger partial charge in [0.05, 0.1) is 18.7 Å². The number of rotatable bonds is 6. The van der Waals surface area contributed by atoms with Gasteiger partial charge in [-0.3, -0.25) is 4.90 Å². The van der Waals surface area contributed by atoms with Crippen LogP contribution >= 0.6 is 0 Å². The number of hydrogen-bond donors (Lipinski definition) is 1. The molecule has 0 spiro atoms. The minimum atomic E-state index is 0.170. The van der Waals surface area contributed by atoms with Crippen LogP contribution in [0.1, 0.15) is 57.3 Å². The van der Waals surface area contributed by atoms with Crippen LogP contribution in [0.4, 0.5) is 0 Å². The second-order valence-electron chi connectivity index (χ2n) is 7.55. The molecule has 1 atom stereocenters. The van der Waals surface area contributed by atoms with E-state index in [2.05, 4.69) is 20.0 Å². The quantitative estimate of drug-likeness (QED) is 0.833. The first-order valence-electron chi connectivity index (χ1n) is 10.1. The van der Waals surface area contributed by atoms with Gasteiger partial charge in [0.1, 0.15) is 6.10 Å². The van der Waals surface area contributed by atoms with Crippen molar-refractivity contribution in [3.8, 4) is 17.3 Å². The lowest BCUT2D eigenvalue weighted by atomic mass is 9.98. The predicted molar refractivity (Wildman–Crippen MR) is 100 cm³/mol. The van der Waals surface area contributed by atoms with Gasteiger partial charge >= 0.3 is 0 Å². The third-order valence-electron chi connectivity index (χ3n) is 5.61. The average molecular weight is 372 g/mol.